The van der Waals surface area contributed by atoms with Crippen molar-refractivity contribution in [2.45, 2.75) is 25.7 Å². The summed E-state index contributed by atoms with van der Waals surface area (Å²) >= 11 is 0. The minimum atomic E-state index is -0.479. The fourth-order valence-electron chi connectivity index (χ4n) is 4.06. The molecule has 2 aromatic heterocycles. The fourth-order valence-corrected chi connectivity index (χ4v) is 4.06. The number of urea groups is 1. The molecule has 2 aliphatic rings. The molecule has 0 unspecified atom stereocenters. The Bertz CT molecular complexity index is 1200. The third-order valence-electron chi connectivity index (χ3n) is 5.63. The predicted octanol–water partition coefficient (Wildman–Crippen LogP) is 2.92. The number of aromatic nitrogens is 2. The number of carbonyl (C=O) groups is 1. The van der Waals surface area contributed by atoms with Crippen LogP contribution in [0.2, 0.25) is 0 Å². The Labute approximate surface area is 174 Å². The second kappa shape index (κ2) is 8.28. The molecule has 0 saturated carbocycles. The first-order chi connectivity index (χ1) is 14.8. The predicted molar refractivity (Wildman–Crippen MR) is 113 cm³/mol. The van der Waals surface area contributed by atoms with E-state index in [2.05, 4.69) is 24.9 Å². The van der Waals surface area contributed by atoms with Gasteiger partial charge in [0.2, 0.25) is 5.88 Å². The van der Waals surface area contributed by atoms with Crippen LogP contribution in [0.15, 0.2) is 52.7 Å². The van der Waals surface area contributed by atoms with Crippen LogP contribution in [0.25, 0.3) is 22.0 Å². The zero-order chi connectivity index (χ0) is 20.3. The number of hydrogen-bond acceptors (Lipinski definition) is 5. The molecule has 0 spiro atoms. The summed E-state index contributed by atoms with van der Waals surface area (Å²) in [6.07, 6.45) is 8.41. The maximum Gasteiger partial charge on any atom is 0.368 e. The molecule has 0 radical (unpaired) electrons. The summed E-state index contributed by atoms with van der Waals surface area (Å²) in [6, 6.07) is 9.32. The van der Waals surface area contributed by atoms with Crippen molar-refractivity contribution < 1.29 is 9.53 Å². The highest BCUT2D eigenvalue weighted by molar-refractivity contribution is 5.87. The van der Waals surface area contributed by atoms with Crippen LogP contribution in [0.3, 0.4) is 0 Å². The standard InChI is InChI=1S/C23H23N5O2/c29-23-26-20-15-24-19-7-5-16(13-18(19)22(20)27-23)17-6-8-21(25-14-17)30-12-4-11-28-9-2-1-3-10-28/h5-8,13-15H,1-4,9-12H2. The number of fused-ring (bicyclic) bond motifs is 3. The van der Waals surface area contributed by atoms with Gasteiger partial charge in [0, 0.05) is 29.8 Å². The van der Waals surface area contributed by atoms with Gasteiger partial charge in [0.1, 0.15) is 10.7 Å². The first-order valence-corrected chi connectivity index (χ1v) is 10.5. The number of hydrogen-bond donors (Lipinski definition) is 0. The Hall–Kier alpha value is -3.19. The second-order valence-corrected chi connectivity index (χ2v) is 7.72. The number of piperidine rings is 1. The minimum Gasteiger partial charge on any atom is -0.478 e. The Morgan fingerprint density at radius 3 is 2.63 bits per heavy atom. The van der Waals surface area contributed by atoms with Gasteiger partial charge in [0.05, 0.1) is 18.3 Å². The van der Waals surface area contributed by atoms with Gasteiger partial charge in [-0.2, -0.15) is 9.98 Å². The molecule has 152 valence electrons. The smallest absolute Gasteiger partial charge is 0.368 e. The van der Waals surface area contributed by atoms with E-state index in [0.29, 0.717) is 23.2 Å². The number of pyridine rings is 2. The summed E-state index contributed by atoms with van der Waals surface area (Å²) in [4.78, 5) is 30.8. The lowest BCUT2D eigenvalue weighted by molar-refractivity contribution is 0.203. The average molecular weight is 401 g/mol. The van der Waals surface area contributed by atoms with Crippen LogP contribution >= 0.6 is 0 Å². The molecule has 1 saturated heterocycles. The Kier molecular flexibility index (Phi) is 5.19. The molecular weight excluding hydrogens is 378 g/mol. The normalized spacial score (nSPS) is 16.2. The summed E-state index contributed by atoms with van der Waals surface area (Å²) in [6.45, 7) is 4.20. The van der Waals surface area contributed by atoms with Gasteiger partial charge in [-0.15, -0.1) is 0 Å². The monoisotopic (exact) mass is 401 g/mol. The van der Waals surface area contributed by atoms with Crippen molar-refractivity contribution in [3.8, 4) is 17.0 Å². The molecule has 7 nitrogen and oxygen atoms in total. The van der Waals surface area contributed by atoms with Crippen LogP contribution < -0.4 is 15.5 Å². The quantitative estimate of drug-likeness (QED) is 0.594. The molecule has 0 aliphatic carbocycles. The molecule has 5 rings (SSSR count). The molecular formula is C23H23N5O2. The third kappa shape index (κ3) is 3.93. The van der Waals surface area contributed by atoms with Crippen molar-refractivity contribution in [3.05, 3.63) is 53.4 Å². The lowest BCUT2D eigenvalue weighted by Crippen LogP contribution is -2.31. The zero-order valence-corrected chi connectivity index (χ0v) is 16.8. The molecule has 2 aliphatic heterocycles. The van der Waals surface area contributed by atoms with E-state index < -0.39 is 6.03 Å². The number of rotatable bonds is 6. The van der Waals surface area contributed by atoms with Crippen LogP contribution in [0, 0.1) is 0 Å². The molecule has 3 aromatic rings. The van der Waals surface area contributed by atoms with Gasteiger partial charge in [0.25, 0.3) is 0 Å². The lowest BCUT2D eigenvalue weighted by Gasteiger charge is -2.26. The van der Waals surface area contributed by atoms with Gasteiger partial charge in [-0.05, 0) is 56.1 Å². The number of nitrogens with zero attached hydrogens (tertiary/aromatic N) is 5. The van der Waals surface area contributed by atoms with E-state index in [1.165, 1.54) is 32.4 Å². The number of ether oxygens (including phenoxy) is 1. The lowest BCUT2D eigenvalue weighted by atomic mass is 10.0. The van der Waals surface area contributed by atoms with Gasteiger partial charge in [-0.25, -0.2) is 9.78 Å². The van der Waals surface area contributed by atoms with Crippen LogP contribution in [0.5, 0.6) is 5.88 Å². The van der Waals surface area contributed by atoms with E-state index in [4.69, 9.17) is 4.74 Å². The summed E-state index contributed by atoms with van der Waals surface area (Å²) in [5.41, 5.74) is 2.74. The Morgan fingerprint density at radius 1 is 0.933 bits per heavy atom. The first-order valence-electron chi connectivity index (χ1n) is 10.5. The van der Waals surface area contributed by atoms with Gasteiger partial charge < -0.3 is 9.64 Å². The molecule has 0 N–H and O–H groups in total. The Morgan fingerprint density at radius 2 is 1.80 bits per heavy atom. The van der Waals surface area contributed by atoms with E-state index in [0.717, 1.165) is 35.0 Å². The molecule has 4 heterocycles. The van der Waals surface area contributed by atoms with Gasteiger partial charge >= 0.3 is 6.03 Å². The van der Waals surface area contributed by atoms with Gasteiger partial charge in [0.15, 0.2) is 0 Å². The topological polar surface area (TPSA) is 80.0 Å². The number of amides is 2. The minimum absolute atomic E-state index is 0.479. The molecule has 0 bridgehead atoms. The first kappa shape index (κ1) is 18.8. The van der Waals surface area contributed by atoms with E-state index in [1.54, 1.807) is 6.20 Å². The molecule has 7 heteroatoms. The molecule has 2 amide bonds. The van der Waals surface area contributed by atoms with Crippen molar-refractivity contribution in [3.63, 3.8) is 0 Å². The maximum absolute atomic E-state index is 11.5. The van der Waals surface area contributed by atoms with Gasteiger partial charge in [-0.1, -0.05) is 12.5 Å². The van der Waals surface area contributed by atoms with Crippen LogP contribution in [0.1, 0.15) is 25.7 Å². The summed E-state index contributed by atoms with van der Waals surface area (Å²) < 4.78 is 5.82. The van der Waals surface area contributed by atoms with E-state index in [9.17, 15) is 4.79 Å². The summed E-state index contributed by atoms with van der Waals surface area (Å²) in [7, 11) is 0. The zero-order valence-electron chi connectivity index (χ0n) is 16.8. The van der Waals surface area contributed by atoms with Crippen LogP contribution in [0.4, 0.5) is 4.79 Å². The van der Waals surface area contributed by atoms with Crippen molar-refractivity contribution in [2.24, 2.45) is 9.98 Å². The second-order valence-electron chi connectivity index (χ2n) is 7.72. The number of carbonyl (C=O) groups excluding carboxylic acids is 1. The van der Waals surface area contributed by atoms with Crippen molar-refractivity contribution in [1.82, 2.24) is 14.9 Å². The molecule has 30 heavy (non-hydrogen) atoms. The highest BCUT2D eigenvalue weighted by atomic mass is 16.5. The van der Waals surface area contributed by atoms with Crippen LogP contribution in [-0.2, 0) is 0 Å². The molecule has 1 fully saturated rings. The van der Waals surface area contributed by atoms with Crippen molar-refractivity contribution in [1.29, 1.82) is 0 Å². The number of benzene rings is 1. The van der Waals surface area contributed by atoms with E-state index >= 15 is 0 Å². The molecule has 1 aromatic carbocycles. The average Bonchev–Trinajstić information content (AvgIpc) is 3.18. The van der Waals surface area contributed by atoms with E-state index in [1.807, 2.05) is 36.5 Å². The number of likely N-dealkylation sites (tertiary alicyclic amines) is 1. The fraction of sp³-hybridized carbons (Fsp3) is 0.348. The highest BCUT2D eigenvalue weighted by Gasteiger charge is 2.11. The van der Waals surface area contributed by atoms with E-state index in [-0.39, 0.29) is 0 Å². The van der Waals surface area contributed by atoms with Crippen molar-refractivity contribution in [2.75, 3.05) is 26.2 Å². The van der Waals surface area contributed by atoms with Gasteiger partial charge in [-0.3, -0.25) is 4.98 Å². The van der Waals surface area contributed by atoms with Crippen molar-refractivity contribution >= 4 is 16.9 Å². The van der Waals surface area contributed by atoms with Crippen LogP contribution in [-0.4, -0.2) is 47.1 Å². The highest BCUT2D eigenvalue weighted by Crippen LogP contribution is 2.23. The summed E-state index contributed by atoms with van der Waals surface area (Å²) in [5.74, 6) is 0.639. The third-order valence-corrected chi connectivity index (χ3v) is 5.63. The SMILES string of the molecule is O=C1N=c2cnc3ccc(-c4ccc(OCCCN5CCCCC5)nc4)cc3c2=N1. The largest absolute Gasteiger partial charge is 0.478 e. The summed E-state index contributed by atoms with van der Waals surface area (Å²) in [5, 5.41) is 1.93. The Balaban J connectivity index is 1.27. The maximum atomic E-state index is 11.5. The molecule has 0 atom stereocenters.